The summed E-state index contributed by atoms with van der Waals surface area (Å²) >= 11 is 0. The summed E-state index contributed by atoms with van der Waals surface area (Å²) in [4.78, 5) is 12.2. The fourth-order valence-electron chi connectivity index (χ4n) is 2.65. The van der Waals surface area contributed by atoms with Gasteiger partial charge in [0.2, 0.25) is 0 Å². The van der Waals surface area contributed by atoms with Gasteiger partial charge in [-0.05, 0) is 17.7 Å². The highest BCUT2D eigenvalue weighted by atomic mass is 19.4. The number of carbonyl (C=O) groups is 1. The highest BCUT2D eigenvalue weighted by Gasteiger charge is 2.30. The maximum atomic E-state index is 12.8. The Morgan fingerprint density at radius 1 is 0.889 bits per heavy atom. The Labute approximate surface area is 155 Å². The second-order valence-corrected chi connectivity index (χ2v) is 6.13. The fourth-order valence-corrected chi connectivity index (χ4v) is 2.65. The van der Waals surface area contributed by atoms with Crippen molar-refractivity contribution in [2.45, 2.75) is 19.3 Å². The van der Waals surface area contributed by atoms with E-state index in [9.17, 15) is 18.0 Å². The number of nitrogens with zero attached hydrogens (tertiary/aromatic N) is 1. The molecule has 0 aliphatic carbocycles. The number of halogens is 3. The van der Waals surface area contributed by atoms with Crippen LogP contribution in [0.1, 0.15) is 27.0 Å². The Morgan fingerprint density at radius 2 is 1.56 bits per heavy atom. The molecule has 1 amide bonds. The molecule has 0 saturated carbocycles. The van der Waals surface area contributed by atoms with Crippen LogP contribution in [0.4, 0.5) is 13.2 Å². The minimum absolute atomic E-state index is 0.204. The van der Waals surface area contributed by atoms with Gasteiger partial charge in [0.25, 0.3) is 5.91 Å². The Balaban J connectivity index is 1.62. The van der Waals surface area contributed by atoms with E-state index in [0.717, 1.165) is 17.7 Å². The molecular weight excluding hydrogens is 353 g/mol. The lowest BCUT2D eigenvalue weighted by Gasteiger charge is -2.07. The highest BCUT2D eigenvalue weighted by Crippen LogP contribution is 2.29. The molecule has 1 N–H and O–H groups in total. The van der Waals surface area contributed by atoms with E-state index in [1.54, 1.807) is 35.2 Å². The van der Waals surface area contributed by atoms with Gasteiger partial charge in [0.15, 0.2) is 18.9 Å². The van der Waals surface area contributed by atoms with E-state index in [0.29, 0.717) is 17.7 Å². The van der Waals surface area contributed by atoms with Gasteiger partial charge in [0.05, 0.1) is 11.1 Å². The zero-order chi connectivity index (χ0) is 19.3. The summed E-state index contributed by atoms with van der Waals surface area (Å²) in [6, 6.07) is 18.1. The van der Waals surface area contributed by atoms with Crippen molar-refractivity contribution >= 4 is 5.91 Å². The van der Waals surface area contributed by atoms with Crippen LogP contribution in [0.3, 0.4) is 0 Å². The fraction of sp³-hybridized carbons (Fsp3) is 0.143. The number of pyridine rings is 1. The van der Waals surface area contributed by atoms with Crippen LogP contribution in [0.2, 0.25) is 0 Å². The summed E-state index contributed by atoms with van der Waals surface area (Å²) < 4.78 is 40.1. The van der Waals surface area contributed by atoms with Crippen molar-refractivity contribution in [1.29, 1.82) is 0 Å². The predicted molar refractivity (Wildman–Crippen MR) is 94.8 cm³/mol. The topological polar surface area (TPSA) is 33.0 Å². The van der Waals surface area contributed by atoms with Crippen molar-refractivity contribution in [3.8, 4) is 0 Å². The first-order valence-corrected chi connectivity index (χ1v) is 8.39. The van der Waals surface area contributed by atoms with Crippen LogP contribution in [0.15, 0.2) is 79.1 Å². The van der Waals surface area contributed by atoms with E-state index in [1.807, 2.05) is 30.3 Å². The molecule has 0 aliphatic rings. The lowest BCUT2D eigenvalue weighted by atomic mass is 10.1. The summed E-state index contributed by atoms with van der Waals surface area (Å²) in [7, 11) is 0. The van der Waals surface area contributed by atoms with Crippen LogP contribution >= 0.6 is 0 Å². The molecule has 1 heterocycles. The van der Waals surface area contributed by atoms with Crippen molar-refractivity contribution in [1.82, 2.24) is 5.32 Å². The molecule has 1 aromatic heterocycles. The third-order valence-electron chi connectivity index (χ3n) is 4.07. The zero-order valence-corrected chi connectivity index (χ0v) is 14.4. The van der Waals surface area contributed by atoms with Gasteiger partial charge in [-0.2, -0.15) is 13.2 Å². The Morgan fingerprint density at radius 3 is 2.22 bits per heavy atom. The molecule has 138 valence electrons. The van der Waals surface area contributed by atoms with Crippen LogP contribution in [-0.4, -0.2) is 5.91 Å². The van der Waals surface area contributed by atoms with Crippen molar-refractivity contribution in [2.75, 3.05) is 0 Å². The standard InChI is InChI=1S/C21H17F3N2O/c22-21(23,24)19-8-4-7-17(13-19)15-26-11-9-18(10-12-26)20(27)25-14-16-5-2-1-3-6-16/h1-13H,14-15H2/p+1. The molecule has 0 saturated heterocycles. The van der Waals surface area contributed by atoms with Crippen LogP contribution in [0.25, 0.3) is 0 Å². The van der Waals surface area contributed by atoms with Gasteiger partial charge in [-0.15, -0.1) is 0 Å². The normalized spacial score (nSPS) is 11.2. The van der Waals surface area contributed by atoms with E-state index >= 15 is 0 Å². The third kappa shape index (κ3) is 5.17. The minimum Gasteiger partial charge on any atom is -0.348 e. The minimum atomic E-state index is -4.36. The molecule has 3 rings (SSSR count). The predicted octanol–water partition coefficient (Wildman–Crippen LogP) is 3.97. The van der Waals surface area contributed by atoms with Crippen LogP contribution in [-0.2, 0) is 19.3 Å². The van der Waals surface area contributed by atoms with Gasteiger partial charge in [0.1, 0.15) is 0 Å². The first-order valence-electron chi connectivity index (χ1n) is 8.39. The van der Waals surface area contributed by atoms with Crippen molar-refractivity contribution in [3.05, 3.63) is 101 Å². The number of aromatic nitrogens is 1. The monoisotopic (exact) mass is 371 g/mol. The first-order chi connectivity index (χ1) is 12.9. The number of hydrogen-bond acceptors (Lipinski definition) is 1. The summed E-state index contributed by atoms with van der Waals surface area (Å²) in [6.07, 6.45) is -1.00. The highest BCUT2D eigenvalue weighted by molar-refractivity contribution is 5.93. The van der Waals surface area contributed by atoms with Gasteiger partial charge >= 0.3 is 6.18 Å². The van der Waals surface area contributed by atoms with E-state index in [-0.39, 0.29) is 12.5 Å². The molecule has 2 aromatic carbocycles. The third-order valence-corrected chi connectivity index (χ3v) is 4.07. The number of nitrogens with one attached hydrogen (secondary N) is 1. The second-order valence-electron chi connectivity index (χ2n) is 6.13. The summed E-state index contributed by atoms with van der Waals surface area (Å²) in [5.74, 6) is -0.204. The number of hydrogen-bond donors (Lipinski definition) is 1. The molecule has 3 aromatic rings. The number of alkyl halides is 3. The number of amides is 1. The maximum Gasteiger partial charge on any atom is 0.416 e. The number of rotatable bonds is 5. The van der Waals surface area contributed by atoms with Gasteiger partial charge in [-0.1, -0.05) is 42.5 Å². The summed E-state index contributed by atoms with van der Waals surface area (Å²) in [6.45, 7) is 0.717. The van der Waals surface area contributed by atoms with E-state index < -0.39 is 11.7 Å². The van der Waals surface area contributed by atoms with Crippen molar-refractivity contribution in [3.63, 3.8) is 0 Å². The molecule has 0 atom stereocenters. The molecule has 0 fully saturated rings. The molecule has 0 bridgehead atoms. The van der Waals surface area contributed by atoms with E-state index in [4.69, 9.17) is 0 Å². The second kappa shape index (κ2) is 8.03. The summed E-state index contributed by atoms with van der Waals surface area (Å²) in [5, 5.41) is 2.84. The van der Waals surface area contributed by atoms with Crippen molar-refractivity contribution in [2.24, 2.45) is 0 Å². The van der Waals surface area contributed by atoms with E-state index in [2.05, 4.69) is 5.32 Å². The smallest absolute Gasteiger partial charge is 0.348 e. The lowest BCUT2D eigenvalue weighted by molar-refractivity contribution is -0.688. The van der Waals surface area contributed by atoms with Crippen LogP contribution < -0.4 is 9.88 Å². The molecular formula is C21H18F3N2O+. The molecule has 27 heavy (non-hydrogen) atoms. The zero-order valence-electron chi connectivity index (χ0n) is 14.4. The number of carbonyl (C=O) groups excluding carboxylic acids is 1. The largest absolute Gasteiger partial charge is 0.416 e. The molecule has 0 unspecified atom stereocenters. The Hall–Kier alpha value is -3.15. The lowest BCUT2D eigenvalue weighted by Crippen LogP contribution is -2.34. The quantitative estimate of drug-likeness (QED) is 0.677. The molecule has 0 radical (unpaired) electrons. The first kappa shape index (κ1) is 18.6. The molecule has 0 aliphatic heterocycles. The molecule has 6 heteroatoms. The van der Waals surface area contributed by atoms with E-state index in [1.165, 1.54) is 6.07 Å². The Kier molecular flexibility index (Phi) is 5.54. The van der Waals surface area contributed by atoms with Gasteiger partial charge < -0.3 is 5.32 Å². The van der Waals surface area contributed by atoms with Gasteiger partial charge in [-0.3, -0.25) is 4.79 Å². The average Bonchev–Trinajstić information content (AvgIpc) is 2.67. The van der Waals surface area contributed by atoms with Crippen LogP contribution in [0, 0.1) is 0 Å². The van der Waals surface area contributed by atoms with Crippen molar-refractivity contribution < 1.29 is 22.5 Å². The van der Waals surface area contributed by atoms with Gasteiger partial charge in [0, 0.05) is 24.2 Å². The molecule has 3 nitrogen and oxygen atoms in total. The number of benzene rings is 2. The Bertz CT molecular complexity index is 907. The average molecular weight is 371 g/mol. The summed E-state index contributed by atoms with van der Waals surface area (Å²) in [5.41, 5.74) is 1.36. The van der Waals surface area contributed by atoms with Gasteiger partial charge in [-0.25, -0.2) is 4.57 Å². The maximum absolute atomic E-state index is 12.8. The van der Waals surface area contributed by atoms with Crippen LogP contribution in [0.5, 0.6) is 0 Å². The molecule has 0 spiro atoms. The SMILES string of the molecule is O=C(NCc1ccccc1)c1cc[n+](Cc2cccc(C(F)(F)F)c2)cc1.